The van der Waals surface area contributed by atoms with Crippen molar-refractivity contribution in [1.82, 2.24) is 4.72 Å². The Kier molecular flexibility index (Phi) is 6.22. The molecule has 0 amide bonds. The van der Waals surface area contributed by atoms with Gasteiger partial charge in [0.1, 0.15) is 0 Å². The fourth-order valence-corrected chi connectivity index (χ4v) is 2.09. The number of carbonyl (C=O) groups excluding carboxylic acids is 1. The molecule has 0 aromatic carbocycles. The van der Waals surface area contributed by atoms with Crippen LogP contribution in [0, 0.1) is 0 Å². The lowest BCUT2D eigenvalue weighted by atomic mass is 10.0. The van der Waals surface area contributed by atoms with E-state index in [0.717, 1.165) is 0 Å². The Morgan fingerprint density at radius 1 is 1.39 bits per heavy atom. The maximum absolute atomic E-state index is 11.4. The standard InChI is InChI=1S/C9H17NO7S/c1-3-17-8(13)5-18(15,16)10-6-9(2,14)4-7(11)12/h10,14H,3-6H2,1-2H3,(H,11,12). The fourth-order valence-electron chi connectivity index (χ4n) is 1.06. The molecule has 0 radical (unpaired) electrons. The van der Waals surface area contributed by atoms with Gasteiger partial charge < -0.3 is 14.9 Å². The number of aliphatic hydroxyl groups is 1. The van der Waals surface area contributed by atoms with E-state index in [1.165, 1.54) is 13.8 Å². The van der Waals surface area contributed by atoms with Gasteiger partial charge in [-0.25, -0.2) is 13.1 Å². The van der Waals surface area contributed by atoms with Crippen molar-refractivity contribution in [1.29, 1.82) is 0 Å². The Balaban J connectivity index is 4.34. The normalized spacial score (nSPS) is 14.8. The Bertz CT molecular complexity index is 401. The third-order valence-corrected chi connectivity index (χ3v) is 3.02. The largest absolute Gasteiger partial charge is 0.481 e. The van der Waals surface area contributed by atoms with Crippen molar-refractivity contribution in [3.8, 4) is 0 Å². The molecule has 106 valence electrons. The zero-order valence-electron chi connectivity index (χ0n) is 10.2. The molecule has 0 fully saturated rings. The minimum Gasteiger partial charge on any atom is -0.481 e. The lowest BCUT2D eigenvalue weighted by Gasteiger charge is -2.21. The highest BCUT2D eigenvalue weighted by molar-refractivity contribution is 7.90. The molecule has 18 heavy (non-hydrogen) atoms. The molecule has 0 saturated heterocycles. The van der Waals surface area contributed by atoms with Crippen LogP contribution in [-0.2, 0) is 24.3 Å². The Labute approximate surface area is 105 Å². The maximum atomic E-state index is 11.4. The van der Waals surface area contributed by atoms with Gasteiger partial charge in [0.2, 0.25) is 10.0 Å². The first-order chi connectivity index (χ1) is 8.08. The summed E-state index contributed by atoms with van der Waals surface area (Å²) in [5.74, 6) is -3.04. The van der Waals surface area contributed by atoms with Gasteiger partial charge in [-0.2, -0.15) is 0 Å². The van der Waals surface area contributed by atoms with Gasteiger partial charge in [-0.1, -0.05) is 0 Å². The van der Waals surface area contributed by atoms with Crippen molar-refractivity contribution in [2.45, 2.75) is 25.9 Å². The molecule has 0 bridgehead atoms. The number of hydrogen-bond acceptors (Lipinski definition) is 6. The average molecular weight is 283 g/mol. The summed E-state index contributed by atoms with van der Waals surface area (Å²) < 4.78 is 29.2. The Hall–Kier alpha value is -1.19. The Morgan fingerprint density at radius 3 is 2.39 bits per heavy atom. The van der Waals surface area contributed by atoms with E-state index in [4.69, 9.17) is 5.11 Å². The van der Waals surface area contributed by atoms with E-state index in [0.29, 0.717) is 0 Å². The fraction of sp³-hybridized carbons (Fsp3) is 0.778. The van der Waals surface area contributed by atoms with Gasteiger partial charge in [-0.3, -0.25) is 9.59 Å². The monoisotopic (exact) mass is 283 g/mol. The van der Waals surface area contributed by atoms with Crippen LogP contribution in [0.25, 0.3) is 0 Å². The molecule has 0 rings (SSSR count). The molecule has 9 heteroatoms. The van der Waals surface area contributed by atoms with Crippen molar-refractivity contribution in [3.63, 3.8) is 0 Å². The first-order valence-corrected chi connectivity index (χ1v) is 6.80. The molecule has 1 unspecified atom stereocenters. The number of sulfonamides is 1. The van der Waals surface area contributed by atoms with Crippen LogP contribution in [0.15, 0.2) is 0 Å². The topological polar surface area (TPSA) is 130 Å². The molecule has 0 saturated carbocycles. The first kappa shape index (κ1) is 16.8. The van der Waals surface area contributed by atoms with Gasteiger partial charge in [-0.05, 0) is 13.8 Å². The van der Waals surface area contributed by atoms with Gasteiger partial charge in [0.15, 0.2) is 5.75 Å². The summed E-state index contributed by atoms with van der Waals surface area (Å²) >= 11 is 0. The highest BCUT2D eigenvalue weighted by atomic mass is 32.2. The quantitative estimate of drug-likeness (QED) is 0.472. The highest BCUT2D eigenvalue weighted by Gasteiger charge is 2.27. The summed E-state index contributed by atoms with van der Waals surface area (Å²) in [6, 6.07) is 0. The molecule has 0 aliphatic carbocycles. The number of carboxylic acid groups (broad SMARTS) is 1. The number of carbonyl (C=O) groups is 2. The second kappa shape index (κ2) is 6.66. The van der Waals surface area contributed by atoms with E-state index in [2.05, 4.69) is 4.74 Å². The zero-order chi connectivity index (χ0) is 14.4. The molecule has 0 aliphatic heterocycles. The summed E-state index contributed by atoms with van der Waals surface area (Å²) in [5, 5.41) is 18.0. The van der Waals surface area contributed by atoms with Crippen LogP contribution in [0.4, 0.5) is 0 Å². The molecular formula is C9H17NO7S. The summed E-state index contributed by atoms with van der Waals surface area (Å²) in [6.07, 6.45) is -0.616. The molecule has 8 nitrogen and oxygen atoms in total. The summed E-state index contributed by atoms with van der Waals surface area (Å²) in [6.45, 7) is 2.27. The molecule has 3 N–H and O–H groups in total. The molecule has 0 aromatic rings. The van der Waals surface area contributed by atoms with Crippen molar-refractivity contribution in [3.05, 3.63) is 0 Å². The number of esters is 1. The molecule has 0 heterocycles. The van der Waals surface area contributed by atoms with Gasteiger partial charge in [-0.15, -0.1) is 0 Å². The van der Waals surface area contributed by atoms with E-state index in [1.54, 1.807) is 0 Å². The molecule has 0 spiro atoms. The number of aliphatic carboxylic acids is 1. The Morgan fingerprint density at radius 2 is 1.94 bits per heavy atom. The third kappa shape index (κ3) is 7.98. The van der Waals surface area contributed by atoms with E-state index < -0.39 is 46.3 Å². The smallest absolute Gasteiger partial charge is 0.322 e. The SMILES string of the molecule is CCOC(=O)CS(=O)(=O)NCC(C)(O)CC(=O)O. The predicted molar refractivity (Wildman–Crippen MR) is 61.3 cm³/mol. The predicted octanol–water partition coefficient (Wildman–Crippen LogP) is -1.31. The van der Waals surface area contributed by atoms with E-state index >= 15 is 0 Å². The van der Waals surface area contributed by atoms with Crippen LogP contribution >= 0.6 is 0 Å². The number of ether oxygens (including phenoxy) is 1. The van der Waals surface area contributed by atoms with Crippen LogP contribution < -0.4 is 4.72 Å². The second-order valence-electron chi connectivity index (χ2n) is 3.95. The van der Waals surface area contributed by atoms with Gasteiger partial charge in [0, 0.05) is 6.54 Å². The summed E-state index contributed by atoms with van der Waals surface area (Å²) in [5.41, 5.74) is -1.73. The number of rotatable bonds is 8. The number of hydrogen-bond donors (Lipinski definition) is 3. The highest BCUT2D eigenvalue weighted by Crippen LogP contribution is 2.08. The molecule has 0 aliphatic rings. The van der Waals surface area contributed by atoms with E-state index in [9.17, 15) is 23.1 Å². The van der Waals surface area contributed by atoms with Gasteiger partial charge in [0.25, 0.3) is 0 Å². The minimum absolute atomic E-state index is 0.0606. The third-order valence-electron chi connectivity index (χ3n) is 1.82. The lowest BCUT2D eigenvalue weighted by molar-refractivity contribution is -0.142. The van der Waals surface area contributed by atoms with Crippen LogP contribution in [0.3, 0.4) is 0 Å². The average Bonchev–Trinajstić information content (AvgIpc) is 2.12. The summed E-state index contributed by atoms with van der Waals surface area (Å²) in [4.78, 5) is 21.4. The lowest BCUT2D eigenvalue weighted by Crippen LogP contribution is -2.43. The number of nitrogens with one attached hydrogen (secondary N) is 1. The van der Waals surface area contributed by atoms with Gasteiger partial charge >= 0.3 is 11.9 Å². The second-order valence-corrected chi connectivity index (χ2v) is 5.76. The first-order valence-electron chi connectivity index (χ1n) is 5.15. The van der Waals surface area contributed by atoms with Crippen LogP contribution in [-0.4, -0.2) is 55.1 Å². The van der Waals surface area contributed by atoms with Crippen molar-refractivity contribution in [2.75, 3.05) is 18.9 Å². The summed E-state index contributed by atoms with van der Waals surface area (Å²) in [7, 11) is -3.95. The van der Waals surface area contributed by atoms with Crippen molar-refractivity contribution < 1.29 is 33.0 Å². The molecule has 1 atom stereocenters. The zero-order valence-corrected chi connectivity index (χ0v) is 11.0. The van der Waals surface area contributed by atoms with E-state index in [-0.39, 0.29) is 6.61 Å². The van der Waals surface area contributed by atoms with Crippen LogP contribution in [0.2, 0.25) is 0 Å². The minimum atomic E-state index is -3.95. The van der Waals surface area contributed by atoms with Crippen molar-refractivity contribution >= 4 is 22.0 Å². The number of carboxylic acids is 1. The van der Waals surface area contributed by atoms with Crippen LogP contribution in [0.5, 0.6) is 0 Å². The molecule has 0 aromatic heterocycles. The maximum Gasteiger partial charge on any atom is 0.322 e. The van der Waals surface area contributed by atoms with E-state index in [1.807, 2.05) is 4.72 Å². The van der Waals surface area contributed by atoms with Crippen LogP contribution in [0.1, 0.15) is 20.3 Å². The van der Waals surface area contributed by atoms with Gasteiger partial charge in [0.05, 0.1) is 18.6 Å². The molecular weight excluding hydrogens is 266 g/mol. The van der Waals surface area contributed by atoms with Crippen molar-refractivity contribution in [2.24, 2.45) is 0 Å².